The van der Waals surface area contributed by atoms with Gasteiger partial charge in [0.05, 0.1) is 11.4 Å². The predicted octanol–water partition coefficient (Wildman–Crippen LogP) is 3.19. The van der Waals surface area contributed by atoms with Crippen molar-refractivity contribution in [1.82, 2.24) is 5.43 Å². The molecule has 0 aromatic heterocycles. The summed E-state index contributed by atoms with van der Waals surface area (Å²) in [5, 5.41) is 4.26. The zero-order valence-electron chi connectivity index (χ0n) is 9.72. The molecule has 1 aliphatic heterocycles. The van der Waals surface area contributed by atoms with E-state index in [9.17, 15) is 0 Å². The average molecular weight is 221 g/mol. The second-order valence-corrected chi connectivity index (χ2v) is 4.33. The molecule has 2 aromatic rings. The van der Waals surface area contributed by atoms with Crippen LogP contribution in [-0.2, 0) is 6.42 Å². The van der Waals surface area contributed by atoms with Gasteiger partial charge in [-0.15, -0.1) is 0 Å². The lowest BCUT2D eigenvalue weighted by atomic mass is 10.0. The Kier molecular flexibility index (Phi) is 2.41. The maximum absolute atomic E-state index is 4.26. The minimum absolute atomic E-state index is 0.848. The Morgan fingerprint density at radius 1 is 0.941 bits per heavy atom. The first-order chi connectivity index (χ1) is 8.33. The minimum atomic E-state index is 0.848. The van der Waals surface area contributed by atoms with Crippen LogP contribution >= 0.6 is 0 Å². The van der Waals surface area contributed by atoms with Gasteiger partial charge in [-0.2, -0.15) is 10.5 Å². The highest BCUT2D eigenvalue weighted by Gasteiger charge is 2.16. The molecule has 0 aliphatic carbocycles. The van der Waals surface area contributed by atoms with E-state index < -0.39 is 0 Å². The lowest BCUT2D eigenvalue weighted by Crippen LogP contribution is -2.01. The summed E-state index contributed by atoms with van der Waals surface area (Å²) in [4.78, 5) is 0. The highest BCUT2D eigenvalue weighted by atomic mass is 15.3. The number of nitrogens with zero attached hydrogens (tertiary/aromatic N) is 2. The normalized spacial score (nSPS) is 12.9. The van der Waals surface area contributed by atoms with Crippen LogP contribution in [0.4, 0.5) is 5.69 Å². The first kappa shape index (κ1) is 10.1. The smallest absolute Gasteiger partial charge is 0.0948 e. The molecule has 1 radical (unpaired) electrons. The lowest BCUT2D eigenvalue weighted by Gasteiger charge is -2.02. The fourth-order valence-electron chi connectivity index (χ4n) is 2.00. The van der Waals surface area contributed by atoms with Crippen molar-refractivity contribution < 1.29 is 0 Å². The Balaban J connectivity index is 1.86. The van der Waals surface area contributed by atoms with E-state index in [1.54, 1.807) is 0 Å². The molecule has 0 fully saturated rings. The predicted molar refractivity (Wildman–Crippen MR) is 69.7 cm³/mol. The van der Waals surface area contributed by atoms with E-state index in [1.165, 1.54) is 11.1 Å². The van der Waals surface area contributed by atoms with Gasteiger partial charge < -0.3 is 0 Å². The highest BCUT2D eigenvalue weighted by Crippen LogP contribution is 2.23. The number of hydrogen-bond acceptors (Lipinski definition) is 1. The van der Waals surface area contributed by atoms with Crippen molar-refractivity contribution in [3.63, 3.8) is 0 Å². The quantitative estimate of drug-likeness (QED) is 0.744. The van der Waals surface area contributed by atoms with Gasteiger partial charge in [0.25, 0.3) is 0 Å². The molecular weight excluding hydrogens is 208 g/mol. The van der Waals surface area contributed by atoms with Gasteiger partial charge in [0.15, 0.2) is 0 Å². The third-order valence-electron chi connectivity index (χ3n) is 2.99. The van der Waals surface area contributed by atoms with Crippen molar-refractivity contribution >= 4 is 11.4 Å². The molecular formula is C15H13N2. The number of fused-ring (bicyclic) bond motifs is 1. The van der Waals surface area contributed by atoms with Gasteiger partial charge in [-0.05, 0) is 18.6 Å². The Labute approximate surface area is 101 Å². The SMILES string of the molecule is Cc1ccc(CC2=N[N]c3ccccc32)cc1. The maximum atomic E-state index is 4.26. The molecule has 3 rings (SSSR count). The topological polar surface area (TPSA) is 26.5 Å². The largest absolute Gasteiger partial charge is 0.154 e. The molecule has 0 saturated carbocycles. The monoisotopic (exact) mass is 221 g/mol. The molecule has 0 atom stereocenters. The minimum Gasteiger partial charge on any atom is -0.154 e. The van der Waals surface area contributed by atoms with E-state index in [-0.39, 0.29) is 0 Å². The van der Waals surface area contributed by atoms with Crippen molar-refractivity contribution in [2.75, 3.05) is 0 Å². The summed E-state index contributed by atoms with van der Waals surface area (Å²) < 4.78 is 0. The first-order valence-electron chi connectivity index (χ1n) is 5.75. The summed E-state index contributed by atoms with van der Waals surface area (Å²) in [7, 11) is 0. The maximum Gasteiger partial charge on any atom is 0.0948 e. The molecule has 0 spiro atoms. The van der Waals surface area contributed by atoms with Crippen molar-refractivity contribution in [3.05, 3.63) is 65.2 Å². The number of benzene rings is 2. The van der Waals surface area contributed by atoms with Crippen LogP contribution < -0.4 is 5.43 Å². The second-order valence-electron chi connectivity index (χ2n) is 4.33. The molecule has 0 N–H and O–H groups in total. The van der Waals surface area contributed by atoms with Crippen molar-refractivity contribution in [3.8, 4) is 0 Å². The molecule has 2 nitrogen and oxygen atoms in total. The van der Waals surface area contributed by atoms with Crippen LogP contribution in [0.1, 0.15) is 16.7 Å². The van der Waals surface area contributed by atoms with E-state index >= 15 is 0 Å². The average Bonchev–Trinajstić information content (AvgIpc) is 2.76. The highest BCUT2D eigenvalue weighted by molar-refractivity contribution is 6.07. The molecule has 0 unspecified atom stereocenters. The number of hydrogen-bond donors (Lipinski definition) is 0. The fourth-order valence-corrected chi connectivity index (χ4v) is 2.00. The van der Waals surface area contributed by atoms with Gasteiger partial charge in [0.1, 0.15) is 0 Å². The molecule has 0 bridgehead atoms. The van der Waals surface area contributed by atoms with Crippen molar-refractivity contribution in [2.45, 2.75) is 13.3 Å². The molecule has 0 amide bonds. The summed E-state index contributed by atoms with van der Waals surface area (Å²) in [5.41, 5.74) is 9.95. The Bertz CT molecular complexity index is 568. The fraction of sp³-hybridized carbons (Fsp3) is 0.133. The Hall–Kier alpha value is -2.09. The van der Waals surface area contributed by atoms with Gasteiger partial charge in [-0.1, -0.05) is 48.0 Å². The van der Waals surface area contributed by atoms with Crippen LogP contribution in [0.25, 0.3) is 0 Å². The third-order valence-corrected chi connectivity index (χ3v) is 2.99. The van der Waals surface area contributed by atoms with Crippen LogP contribution in [0.3, 0.4) is 0 Å². The lowest BCUT2D eigenvalue weighted by molar-refractivity contribution is 0.982. The van der Waals surface area contributed by atoms with Gasteiger partial charge in [0.2, 0.25) is 0 Å². The van der Waals surface area contributed by atoms with Gasteiger partial charge in [-0.3, -0.25) is 0 Å². The molecule has 2 heteroatoms. The van der Waals surface area contributed by atoms with E-state index in [4.69, 9.17) is 0 Å². The number of aryl methyl sites for hydroxylation is 1. The van der Waals surface area contributed by atoms with Crippen molar-refractivity contribution in [1.29, 1.82) is 0 Å². The van der Waals surface area contributed by atoms with Crippen LogP contribution in [-0.4, -0.2) is 5.71 Å². The van der Waals surface area contributed by atoms with Gasteiger partial charge >= 0.3 is 0 Å². The van der Waals surface area contributed by atoms with Crippen LogP contribution in [0.15, 0.2) is 53.6 Å². The van der Waals surface area contributed by atoms with Crippen LogP contribution in [0.5, 0.6) is 0 Å². The number of rotatable bonds is 2. The van der Waals surface area contributed by atoms with Gasteiger partial charge in [-0.25, -0.2) is 0 Å². The molecule has 1 aliphatic rings. The summed E-state index contributed by atoms with van der Waals surface area (Å²) in [6.45, 7) is 2.10. The Morgan fingerprint density at radius 3 is 2.53 bits per heavy atom. The summed E-state index contributed by atoms with van der Waals surface area (Å²) >= 11 is 0. The van der Waals surface area contributed by atoms with Crippen LogP contribution in [0.2, 0.25) is 0 Å². The van der Waals surface area contributed by atoms with Crippen LogP contribution in [0, 0.1) is 6.92 Å². The van der Waals surface area contributed by atoms with Crippen molar-refractivity contribution in [2.24, 2.45) is 5.10 Å². The van der Waals surface area contributed by atoms with Gasteiger partial charge in [0, 0.05) is 12.0 Å². The molecule has 2 aromatic carbocycles. The molecule has 0 saturated heterocycles. The van der Waals surface area contributed by atoms with E-state index in [0.29, 0.717) is 0 Å². The second kappa shape index (κ2) is 4.06. The molecule has 17 heavy (non-hydrogen) atoms. The third kappa shape index (κ3) is 1.94. The van der Waals surface area contributed by atoms with E-state index in [2.05, 4.69) is 47.8 Å². The Morgan fingerprint density at radius 2 is 1.71 bits per heavy atom. The molecule has 83 valence electrons. The van der Waals surface area contributed by atoms with E-state index in [0.717, 1.165) is 23.4 Å². The zero-order valence-corrected chi connectivity index (χ0v) is 9.72. The molecule has 1 heterocycles. The summed E-state index contributed by atoms with van der Waals surface area (Å²) in [6.07, 6.45) is 0.848. The van der Waals surface area contributed by atoms with E-state index in [1.807, 2.05) is 18.2 Å². The first-order valence-corrected chi connectivity index (χ1v) is 5.75. The zero-order chi connectivity index (χ0) is 11.7. The standard InChI is InChI=1S/C15H13N2/c1-11-6-8-12(9-7-11)10-15-13-4-2-3-5-14(13)16-17-15/h2-9H,10H2,1H3. The summed E-state index contributed by atoms with van der Waals surface area (Å²) in [5.74, 6) is 0. The summed E-state index contributed by atoms with van der Waals surface area (Å²) in [6, 6.07) is 16.7.